The van der Waals surface area contributed by atoms with E-state index in [2.05, 4.69) is 15.4 Å². The zero-order valence-electron chi connectivity index (χ0n) is 10.5. The molecular formula is C13H18N4O. The van der Waals surface area contributed by atoms with Crippen molar-refractivity contribution in [1.82, 2.24) is 20.1 Å². The first-order valence-corrected chi connectivity index (χ1v) is 6.09. The normalized spacial score (nSPS) is 10.7. The minimum atomic E-state index is 0.250. The molecule has 2 rings (SSSR count). The summed E-state index contributed by atoms with van der Waals surface area (Å²) in [6, 6.07) is 5.40. The van der Waals surface area contributed by atoms with Crippen molar-refractivity contribution in [3.05, 3.63) is 42.0 Å². The van der Waals surface area contributed by atoms with Gasteiger partial charge in [-0.25, -0.2) is 0 Å². The van der Waals surface area contributed by atoms with Crippen LogP contribution in [0.2, 0.25) is 0 Å². The molecule has 5 heteroatoms. The molecule has 0 fully saturated rings. The molecule has 2 aromatic heterocycles. The predicted molar refractivity (Wildman–Crippen MR) is 69.2 cm³/mol. The molecule has 2 aromatic rings. The van der Waals surface area contributed by atoms with Crippen LogP contribution in [-0.2, 0) is 13.1 Å². The fraction of sp³-hybridized carbons (Fsp3) is 0.385. The third-order valence-electron chi connectivity index (χ3n) is 2.68. The molecule has 0 unspecified atom stereocenters. The van der Waals surface area contributed by atoms with Gasteiger partial charge >= 0.3 is 0 Å². The van der Waals surface area contributed by atoms with E-state index in [4.69, 9.17) is 0 Å². The monoisotopic (exact) mass is 246 g/mol. The molecule has 0 aliphatic rings. The van der Waals surface area contributed by atoms with Crippen LogP contribution >= 0.6 is 0 Å². The maximum Gasteiger partial charge on any atom is 0.138 e. The van der Waals surface area contributed by atoms with Gasteiger partial charge in [0.15, 0.2) is 0 Å². The Morgan fingerprint density at radius 2 is 2.28 bits per heavy atom. The highest BCUT2D eigenvalue weighted by atomic mass is 16.3. The number of nitrogens with zero attached hydrogens (tertiary/aromatic N) is 3. The molecule has 5 nitrogen and oxygen atoms in total. The zero-order chi connectivity index (χ0) is 12.8. The molecular weight excluding hydrogens is 228 g/mol. The summed E-state index contributed by atoms with van der Waals surface area (Å²) in [5.41, 5.74) is 1.62. The molecule has 0 atom stereocenters. The minimum Gasteiger partial charge on any atom is -0.506 e. The molecule has 0 saturated heterocycles. The summed E-state index contributed by atoms with van der Waals surface area (Å²) in [6.45, 7) is 4.27. The Labute approximate surface area is 106 Å². The topological polar surface area (TPSA) is 63.0 Å². The van der Waals surface area contributed by atoms with Crippen LogP contribution in [0, 0.1) is 6.92 Å². The van der Waals surface area contributed by atoms with Crippen LogP contribution in [0.25, 0.3) is 0 Å². The highest BCUT2D eigenvalue weighted by molar-refractivity contribution is 5.27. The number of hydrogen-bond donors (Lipinski definition) is 2. The number of aromatic nitrogens is 3. The van der Waals surface area contributed by atoms with Gasteiger partial charge in [0.1, 0.15) is 5.75 Å². The van der Waals surface area contributed by atoms with Gasteiger partial charge in [0.25, 0.3) is 0 Å². The first-order chi connectivity index (χ1) is 8.75. The number of nitrogens with one attached hydrogen (secondary N) is 1. The van der Waals surface area contributed by atoms with Crippen molar-refractivity contribution in [2.24, 2.45) is 0 Å². The molecule has 0 spiro atoms. The Kier molecular flexibility index (Phi) is 4.30. The fourth-order valence-electron chi connectivity index (χ4n) is 1.74. The summed E-state index contributed by atoms with van der Waals surface area (Å²) >= 11 is 0. The molecule has 0 aliphatic heterocycles. The molecule has 96 valence electrons. The Morgan fingerprint density at radius 1 is 1.39 bits per heavy atom. The lowest BCUT2D eigenvalue weighted by Crippen LogP contribution is -2.17. The summed E-state index contributed by atoms with van der Waals surface area (Å²) in [4.78, 5) is 4.29. The lowest BCUT2D eigenvalue weighted by molar-refractivity contribution is 0.457. The van der Waals surface area contributed by atoms with Gasteiger partial charge in [-0.1, -0.05) is 0 Å². The van der Waals surface area contributed by atoms with Crippen LogP contribution in [0.3, 0.4) is 0 Å². The summed E-state index contributed by atoms with van der Waals surface area (Å²) in [6.07, 6.45) is 4.73. The van der Waals surface area contributed by atoms with E-state index in [1.54, 1.807) is 18.3 Å². The van der Waals surface area contributed by atoms with Gasteiger partial charge in [-0.05, 0) is 38.1 Å². The Morgan fingerprint density at radius 3 is 3.06 bits per heavy atom. The molecule has 0 radical (unpaired) electrons. The Bertz CT molecular complexity index is 482. The average molecular weight is 246 g/mol. The van der Waals surface area contributed by atoms with Gasteiger partial charge in [-0.2, -0.15) is 5.10 Å². The van der Waals surface area contributed by atoms with Crippen LogP contribution in [0.5, 0.6) is 5.75 Å². The zero-order valence-corrected chi connectivity index (χ0v) is 10.5. The quantitative estimate of drug-likeness (QED) is 0.758. The second-order valence-electron chi connectivity index (χ2n) is 4.22. The van der Waals surface area contributed by atoms with Crippen molar-refractivity contribution in [3.63, 3.8) is 0 Å². The van der Waals surface area contributed by atoms with Gasteiger partial charge < -0.3 is 10.4 Å². The van der Waals surface area contributed by atoms with Crippen LogP contribution in [0.15, 0.2) is 30.6 Å². The van der Waals surface area contributed by atoms with Gasteiger partial charge in [0, 0.05) is 31.2 Å². The molecule has 18 heavy (non-hydrogen) atoms. The van der Waals surface area contributed by atoms with E-state index >= 15 is 0 Å². The van der Waals surface area contributed by atoms with Crippen molar-refractivity contribution >= 4 is 0 Å². The smallest absolute Gasteiger partial charge is 0.138 e. The summed E-state index contributed by atoms with van der Waals surface area (Å²) in [5.74, 6) is 0.250. The van der Waals surface area contributed by atoms with Crippen LogP contribution in [0.4, 0.5) is 0 Å². The van der Waals surface area contributed by atoms with E-state index in [9.17, 15) is 5.11 Å². The predicted octanol–water partition coefficient (Wildman–Crippen LogP) is 1.47. The Balaban J connectivity index is 1.70. The average Bonchev–Trinajstić information content (AvgIpc) is 2.86. The van der Waals surface area contributed by atoms with Crippen molar-refractivity contribution in [2.75, 3.05) is 6.54 Å². The lowest BCUT2D eigenvalue weighted by atomic mass is 10.3. The number of hydrogen-bond acceptors (Lipinski definition) is 4. The molecule has 0 bridgehead atoms. The van der Waals surface area contributed by atoms with Crippen molar-refractivity contribution in [3.8, 4) is 5.75 Å². The third-order valence-corrected chi connectivity index (χ3v) is 2.68. The Hall–Kier alpha value is -1.88. The second-order valence-corrected chi connectivity index (χ2v) is 4.22. The highest BCUT2D eigenvalue weighted by Crippen LogP contribution is 2.13. The van der Waals surface area contributed by atoms with Crippen LogP contribution < -0.4 is 5.32 Å². The lowest BCUT2D eigenvalue weighted by Gasteiger charge is -2.07. The third kappa shape index (κ3) is 3.56. The van der Waals surface area contributed by atoms with Crippen molar-refractivity contribution < 1.29 is 5.11 Å². The second kappa shape index (κ2) is 6.16. The first kappa shape index (κ1) is 12.6. The molecule has 0 saturated carbocycles. The maximum absolute atomic E-state index is 9.63. The van der Waals surface area contributed by atoms with E-state index < -0.39 is 0 Å². The van der Waals surface area contributed by atoms with E-state index in [0.29, 0.717) is 12.2 Å². The largest absolute Gasteiger partial charge is 0.506 e. The SMILES string of the molecule is Cc1ccc(O)c(CNCCCn2cccn2)n1. The van der Waals surface area contributed by atoms with Gasteiger partial charge in [0.2, 0.25) is 0 Å². The molecule has 2 N–H and O–H groups in total. The number of pyridine rings is 1. The first-order valence-electron chi connectivity index (χ1n) is 6.09. The molecule has 0 aromatic carbocycles. The van der Waals surface area contributed by atoms with E-state index in [1.807, 2.05) is 23.9 Å². The number of aryl methyl sites for hydroxylation is 2. The van der Waals surface area contributed by atoms with Crippen molar-refractivity contribution in [1.29, 1.82) is 0 Å². The van der Waals surface area contributed by atoms with Gasteiger partial charge in [-0.15, -0.1) is 0 Å². The summed E-state index contributed by atoms with van der Waals surface area (Å²) < 4.78 is 1.91. The molecule has 0 amide bonds. The molecule has 0 aliphatic carbocycles. The maximum atomic E-state index is 9.63. The highest BCUT2D eigenvalue weighted by Gasteiger charge is 2.02. The van der Waals surface area contributed by atoms with Gasteiger partial charge in [-0.3, -0.25) is 9.67 Å². The fourth-order valence-corrected chi connectivity index (χ4v) is 1.74. The number of aromatic hydroxyl groups is 1. The standard InChI is InChI=1S/C13H18N4O/c1-11-4-5-13(18)12(16-11)10-14-6-2-8-17-9-3-7-15-17/h3-5,7,9,14,18H,2,6,8,10H2,1H3. The van der Waals surface area contributed by atoms with E-state index in [0.717, 1.165) is 25.2 Å². The van der Waals surface area contributed by atoms with Crippen LogP contribution in [-0.4, -0.2) is 26.4 Å². The number of rotatable bonds is 6. The summed E-state index contributed by atoms with van der Waals surface area (Å²) in [7, 11) is 0. The van der Waals surface area contributed by atoms with E-state index in [-0.39, 0.29) is 5.75 Å². The van der Waals surface area contributed by atoms with E-state index in [1.165, 1.54) is 0 Å². The molecule has 2 heterocycles. The summed E-state index contributed by atoms with van der Waals surface area (Å²) in [5, 5.41) is 17.0. The minimum absolute atomic E-state index is 0.250. The van der Waals surface area contributed by atoms with Crippen LogP contribution in [0.1, 0.15) is 17.8 Å². The van der Waals surface area contributed by atoms with Crippen molar-refractivity contribution in [2.45, 2.75) is 26.4 Å². The van der Waals surface area contributed by atoms with Gasteiger partial charge in [0.05, 0.1) is 5.69 Å².